The quantitative estimate of drug-likeness (QED) is 0.833. The topological polar surface area (TPSA) is 15.3 Å². The Morgan fingerprint density at radius 2 is 2.00 bits per heavy atom. The summed E-state index contributed by atoms with van der Waals surface area (Å²) in [5.41, 5.74) is 2.46. The fraction of sp³-hybridized carbons (Fsp3) is 0.647. The van der Waals surface area contributed by atoms with Gasteiger partial charge in [-0.2, -0.15) is 0 Å². The molecule has 0 spiro atoms. The van der Waals surface area contributed by atoms with E-state index in [0.29, 0.717) is 12.0 Å². The number of nitrogens with zero attached hydrogens (tertiary/aromatic N) is 1. The van der Waals surface area contributed by atoms with Gasteiger partial charge in [-0.05, 0) is 43.5 Å². The summed E-state index contributed by atoms with van der Waals surface area (Å²) in [7, 11) is 1.95. The van der Waals surface area contributed by atoms with Gasteiger partial charge in [-0.1, -0.05) is 44.4 Å². The van der Waals surface area contributed by atoms with Crippen molar-refractivity contribution < 1.29 is 0 Å². The molecule has 3 heteroatoms. The summed E-state index contributed by atoms with van der Waals surface area (Å²) in [6.45, 7) is 6.52. The van der Waals surface area contributed by atoms with Gasteiger partial charge in [-0.3, -0.25) is 0 Å². The first-order valence-electron chi connectivity index (χ1n) is 7.81. The third-order valence-electron chi connectivity index (χ3n) is 4.06. The summed E-state index contributed by atoms with van der Waals surface area (Å²) in [4.78, 5) is 2.58. The zero-order valence-electron chi connectivity index (χ0n) is 13.0. The van der Waals surface area contributed by atoms with Crippen molar-refractivity contribution in [3.05, 3.63) is 28.8 Å². The highest BCUT2D eigenvalue weighted by Gasteiger charge is 2.23. The number of rotatable bonds is 6. The molecule has 1 saturated carbocycles. The molecule has 2 rings (SSSR count). The Balaban J connectivity index is 2.21. The second-order valence-electron chi connectivity index (χ2n) is 6.29. The Morgan fingerprint density at radius 3 is 2.55 bits per heavy atom. The Labute approximate surface area is 128 Å². The molecule has 0 amide bonds. The van der Waals surface area contributed by atoms with Crippen LogP contribution < -0.4 is 10.2 Å². The number of benzene rings is 1. The van der Waals surface area contributed by atoms with Gasteiger partial charge in [0.1, 0.15) is 0 Å². The van der Waals surface area contributed by atoms with Gasteiger partial charge in [-0.15, -0.1) is 0 Å². The van der Waals surface area contributed by atoms with Crippen LogP contribution in [0.5, 0.6) is 0 Å². The molecule has 0 unspecified atom stereocenters. The number of hydrogen-bond donors (Lipinski definition) is 1. The lowest BCUT2D eigenvalue weighted by Crippen LogP contribution is -2.36. The van der Waals surface area contributed by atoms with E-state index < -0.39 is 0 Å². The van der Waals surface area contributed by atoms with Crippen molar-refractivity contribution >= 4 is 17.3 Å². The van der Waals surface area contributed by atoms with Crippen LogP contribution in [-0.2, 0) is 6.54 Å². The molecule has 0 radical (unpaired) electrons. The van der Waals surface area contributed by atoms with Crippen LogP contribution in [0.15, 0.2) is 18.2 Å². The Bertz CT molecular complexity index is 425. The van der Waals surface area contributed by atoms with Crippen molar-refractivity contribution in [1.29, 1.82) is 0 Å². The maximum atomic E-state index is 6.43. The normalized spacial score (nSPS) is 16.1. The van der Waals surface area contributed by atoms with Gasteiger partial charge in [0.15, 0.2) is 0 Å². The molecular formula is C17H27ClN2. The van der Waals surface area contributed by atoms with Crippen LogP contribution in [0.4, 0.5) is 5.69 Å². The van der Waals surface area contributed by atoms with E-state index in [9.17, 15) is 0 Å². The molecule has 1 N–H and O–H groups in total. The maximum absolute atomic E-state index is 6.43. The lowest BCUT2D eigenvalue weighted by atomic mass is 10.1. The van der Waals surface area contributed by atoms with Crippen LogP contribution >= 0.6 is 11.6 Å². The number of nitrogens with one attached hydrogen (secondary N) is 1. The molecule has 1 aromatic rings. The largest absolute Gasteiger partial charge is 0.368 e. The summed E-state index contributed by atoms with van der Waals surface area (Å²) in [6.07, 6.45) is 5.38. The second-order valence-corrected chi connectivity index (χ2v) is 6.70. The number of anilines is 1. The average Bonchev–Trinajstić information content (AvgIpc) is 2.92. The van der Waals surface area contributed by atoms with Gasteiger partial charge < -0.3 is 10.2 Å². The zero-order chi connectivity index (χ0) is 14.5. The van der Waals surface area contributed by atoms with E-state index in [1.807, 2.05) is 7.05 Å². The Morgan fingerprint density at radius 1 is 1.30 bits per heavy atom. The van der Waals surface area contributed by atoms with Gasteiger partial charge in [0.05, 0.1) is 0 Å². The third-order valence-corrected chi connectivity index (χ3v) is 4.41. The molecule has 1 fully saturated rings. The fourth-order valence-corrected chi connectivity index (χ4v) is 3.36. The van der Waals surface area contributed by atoms with Crippen molar-refractivity contribution in [3.8, 4) is 0 Å². The molecule has 1 aliphatic carbocycles. The van der Waals surface area contributed by atoms with Gasteiger partial charge in [0.2, 0.25) is 0 Å². The minimum absolute atomic E-state index is 0.673. The molecule has 0 saturated heterocycles. The van der Waals surface area contributed by atoms with Crippen LogP contribution in [0, 0.1) is 5.92 Å². The van der Waals surface area contributed by atoms with Crippen LogP contribution in [-0.4, -0.2) is 19.6 Å². The summed E-state index contributed by atoms with van der Waals surface area (Å²) >= 11 is 6.43. The summed E-state index contributed by atoms with van der Waals surface area (Å²) in [5.74, 6) is 0.673. The van der Waals surface area contributed by atoms with Crippen LogP contribution in [0.25, 0.3) is 0 Å². The molecule has 1 aliphatic rings. The van der Waals surface area contributed by atoms with Crippen molar-refractivity contribution in [2.24, 2.45) is 5.92 Å². The van der Waals surface area contributed by atoms with Gasteiger partial charge >= 0.3 is 0 Å². The van der Waals surface area contributed by atoms with Gasteiger partial charge in [-0.25, -0.2) is 0 Å². The minimum atomic E-state index is 0.673. The molecule has 0 aromatic heterocycles. The van der Waals surface area contributed by atoms with E-state index >= 15 is 0 Å². The third kappa shape index (κ3) is 3.89. The Hall–Kier alpha value is -0.730. The predicted octanol–water partition coefficient (Wildman–Crippen LogP) is 4.46. The van der Waals surface area contributed by atoms with E-state index in [2.05, 4.69) is 42.3 Å². The molecule has 0 atom stereocenters. The fourth-order valence-electron chi connectivity index (χ4n) is 3.12. The van der Waals surface area contributed by atoms with Crippen molar-refractivity contribution in [1.82, 2.24) is 5.32 Å². The molecule has 112 valence electrons. The molecule has 0 heterocycles. The zero-order valence-corrected chi connectivity index (χ0v) is 13.7. The van der Waals surface area contributed by atoms with Crippen LogP contribution in [0.2, 0.25) is 5.02 Å². The summed E-state index contributed by atoms with van der Waals surface area (Å²) < 4.78 is 0. The monoisotopic (exact) mass is 294 g/mol. The van der Waals surface area contributed by atoms with Crippen molar-refractivity contribution in [3.63, 3.8) is 0 Å². The highest BCUT2D eigenvalue weighted by atomic mass is 35.5. The first-order valence-corrected chi connectivity index (χ1v) is 8.19. The second kappa shape index (κ2) is 7.33. The van der Waals surface area contributed by atoms with Crippen LogP contribution in [0.1, 0.15) is 45.1 Å². The van der Waals surface area contributed by atoms with Crippen molar-refractivity contribution in [2.75, 3.05) is 18.5 Å². The van der Waals surface area contributed by atoms with Gasteiger partial charge in [0.25, 0.3) is 0 Å². The number of hydrogen-bond acceptors (Lipinski definition) is 2. The lowest BCUT2D eigenvalue weighted by Gasteiger charge is -2.33. The highest BCUT2D eigenvalue weighted by Crippen LogP contribution is 2.31. The van der Waals surface area contributed by atoms with Crippen LogP contribution in [0.3, 0.4) is 0 Å². The van der Waals surface area contributed by atoms with Crippen molar-refractivity contribution in [2.45, 2.75) is 52.1 Å². The summed E-state index contributed by atoms with van der Waals surface area (Å²) in [5, 5.41) is 4.04. The average molecular weight is 295 g/mol. The molecule has 0 aliphatic heterocycles. The SMILES string of the molecule is CNCc1ccc(N(CC(C)C)C2CCCC2)cc1Cl. The smallest absolute Gasteiger partial charge is 0.0471 e. The van der Waals surface area contributed by atoms with E-state index in [-0.39, 0.29) is 0 Å². The first-order chi connectivity index (χ1) is 9.61. The van der Waals surface area contributed by atoms with E-state index in [1.54, 1.807) is 0 Å². The first kappa shape index (κ1) is 15.7. The predicted molar refractivity (Wildman–Crippen MR) is 88.7 cm³/mol. The maximum Gasteiger partial charge on any atom is 0.0471 e. The van der Waals surface area contributed by atoms with Gasteiger partial charge in [0, 0.05) is 29.8 Å². The molecule has 0 bridgehead atoms. The minimum Gasteiger partial charge on any atom is -0.368 e. The molecule has 1 aromatic carbocycles. The van der Waals surface area contributed by atoms with E-state index in [0.717, 1.165) is 18.1 Å². The molecular weight excluding hydrogens is 268 g/mol. The lowest BCUT2D eigenvalue weighted by molar-refractivity contribution is 0.536. The standard InChI is InChI=1S/C17H27ClN2/c1-13(2)12-20(15-6-4-5-7-15)16-9-8-14(11-19-3)17(18)10-16/h8-10,13,15,19H,4-7,11-12H2,1-3H3. The highest BCUT2D eigenvalue weighted by molar-refractivity contribution is 6.31. The van der Waals surface area contributed by atoms with E-state index in [4.69, 9.17) is 11.6 Å². The molecule has 2 nitrogen and oxygen atoms in total. The Kier molecular flexibility index (Phi) is 5.74. The summed E-state index contributed by atoms with van der Waals surface area (Å²) in [6, 6.07) is 7.24. The van der Waals surface area contributed by atoms with E-state index in [1.165, 1.54) is 36.9 Å². The number of halogens is 1. The molecule has 20 heavy (non-hydrogen) atoms.